The van der Waals surface area contributed by atoms with Gasteiger partial charge in [-0.1, -0.05) is 19.3 Å². The normalized spacial score (nSPS) is 20.7. The molecule has 1 saturated carbocycles. The van der Waals surface area contributed by atoms with E-state index in [1.807, 2.05) is 6.92 Å². The molecule has 140 valence electrons. The maximum Gasteiger partial charge on any atom is 0.220 e. The van der Waals surface area contributed by atoms with Crippen LogP contribution in [0.2, 0.25) is 0 Å². The van der Waals surface area contributed by atoms with Crippen LogP contribution in [0.5, 0.6) is 0 Å². The third-order valence-electron chi connectivity index (χ3n) is 6.03. The van der Waals surface area contributed by atoms with Gasteiger partial charge in [-0.2, -0.15) is 0 Å². The molecule has 0 aromatic carbocycles. The van der Waals surface area contributed by atoms with E-state index < -0.39 is 0 Å². The van der Waals surface area contributed by atoms with Crippen LogP contribution in [0.1, 0.15) is 68.5 Å². The average Bonchev–Trinajstić information content (AvgIpc) is 2.92. The van der Waals surface area contributed by atoms with Crippen LogP contribution in [0.3, 0.4) is 0 Å². The largest absolute Gasteiger partial charge is 0.466 e. The number of carbonyl (C=O) groups excluding carboxylic acids is 1. The quantitative estimate of drug-likeness (QED) is 0.840. The lowest BCUT2D eigenvalue weighted by Crippen LogP contribution is -2.38. The molecule has 1 aliphatic carbocycles. The Hall–Kier alpha value is -1.29. The van der Waals surface area contributed by atoms with Gasteiger partial charge >= 0.3 is 0 Å². The summed E-state index contributed by atoms with van der Waals surface area (Å²) in [5.41, 5.74) is 1.32. The van der Waals surface area contributed by atoms with Crippen molar-refractivity contribution >= 4 is 5.91 Å². The van der Waals surface area contributed by atoms with Gasteiger partial charge in [0.1, 0.15) is 11.5 Å². The monoisotopic (exact) mass is 346 g/mol. The number of piperidine rings is 1. The van der Waals surface area contributed by atoms with Crippen molar-refractivity contribution in [1.82, 2.24) is 10.2 Å². The highest BCUT2D eigenvalue weighted by Gasteiger charge is 2.22. The summed E-state index contributed by atoms with van der Waals surface area (Å²) in [7, 11) is 0. The van der Waals surface area contributed by atoms with Gasteiger partial charge in [0.2, 0.25) is 5.91 Å². The van der Waals surface area contributed by atoms with E-state index >= 15 is 0 Å². The van der Waals surface area contributed by atoms with Gasteiger partial charge in [-0.05, 0) is 70.5 Å². The second-order valence-electron chi connectivity index (χ2n) is 8.17. The Kier molecular flexibility index (Phi) is 6.57. The van der Waals surface area contributed by atoms with Crippen molar-refractivity contribution < 1.29 is 9.21 Å². The molecule has 4 nitrogen and oxygen atoms in total. The second-order valence-corrected chi connectivity index (χ2v) is 8.17. The number of nitrogens with zero attached hydrogens (tertiary/aromatic N) is 1. The molecule has 2 fully saturated rings. The third kappa shape index (κ3) is 5.60. The first kappa shape index (κ1) is 18.5. The zero-order chi connectivity index (χ0) is 17.6. The van der Waals surface area contributed by atoms with Crippen LogP contribution in [0.15, 0.2) is 10.5 Å². The predicted molar refractivity (Wildman–Crippen MR) is 100 cm³/mol. The van der Waals surface area contributed by atoms with E-state index in [0.717, 1.165) is 44.1 Å². The molecule has 0 radical (unpaired) electrons. The van der Waals surface area contributed by atoms with Crippen LogP contribution in [-0.2, 0) is 11.3 Å². The minimum atomic E-state index is 0.277. The lowest BCUT2D eigenvalue weighted by atomic mass is 9.87. The van der Waals surface area contributed by atoms with Crippen molar-refractivity contribution in [1.29, 1.82) is 0 Å². The smallest absolute Gasteiger partial charge is 0.220 e. The zero-order valence-corrected chi connectivity index (χ0v) is 16.0. The third-order valence-corrected chi connectivity index (χ3v) is 6.03. The van der Waals surface area contributed by atoms with Gasteiger partial charge in [0, 0.05) is 25.1 Å². The molecule has 2 heterocycles. The number of rotatable bonds is 6. The van der Waals surface area contributed by atoms with Gasteiger partial charge in [0.15, 0.2) is 0 Å². The molecule has 3 rings (SSSR count). The SMILES string of the molecule is Cc1cc(CN2CCC(CNC(=O)CC3CCCCC3)CC2)c(C)o1. The fraction of sp³-hybridized carbons (Fsp3) is 0.762. The van der Waals surface area contributed by atoms with E-state index in [2.05, 4.69) is 23.2 Å². The van der Waals surface area contributed by atoms with Crippen LogP contribution in [0.4, 0.5) is 0 Å². The maximum absolute atomic E-state index is 12.2. The number of nitrogens with one attached hydrogen (secondary N) is 1. The molecule has 0 atom stereocenters. The lowest BCUT2D eigenvalue weighted by molar-refractivity contribution is -0.122. The van der Waals surface area contributed by atoms with Gasteiger partial charge in [-0.25, -0.2) is 0 Å². The van der Waals surface area contributed by atoms with Crippen LogP contribution in [0, 0.1) is 25.7 Å². The molecule has 4 heteroatoms. The van der Waals surface area contributed by atoms with Crippen LogP contribution in [0.25, 0.3) is 0 Å². The van der Waals surface area contributed by atoms with Crippen molar-refractivity contribution in [3.8, 4) is 0 Å². The number of aryl methyl sites for hydroxylation is 2. The van der Waals surface area contributed by atoms with E-state index in [-0.39, 0.29) is 5.91 Å². The van der Waals surface area contributed by atoms with Gasteiger partial charge in [-0.15, -0.1) is 0 Å². The maximum atomic E-state index is 12.2. The van der Waals surface area contributed by atoms with Crippen LogP contribution in [-0.4, -0.2) is 30.4 Å². The number of furan rings is 1. The number of carbonyl (C=O) groups is 1. The summed E-state index contributed by atoms with van der Waals surface area (Å²) in [4.78, 5) is 14.7. The molecular weight excluding hydrogens is 312 g/mol. The Morgan fingerprint density at radius 1 is 1.12 bits per heavy atom. The minimum absolute atomic E-state index is 0.277. The molecule has 0 unspecified atom stereocenters. The van der Waals surface area contributed by atoms with Crippen molar-refractivity contribution in [3.63, 3.8) is 0 Å². The van der Waals surface area contributed by atoms with Crippen LogP contribution >= 0.6 is 0 Å². The Morgan fingerprint density at radius 3 is 2.48 bits per heavy atom. The van der Waals surface area contributed by atoms with Gasteiger partial charge < -0.3 is 9.73 Å². The molecular formula is C21H34N2O2. The highest BCUT2D eigenvalue weighted by molar-refractivity contribution is 5.76. The Bertz CT molecular complexity index is 552. The van der Waals surface area contributed by atoms with E-state index in [0.29, 0.717) is 11.8 Å². The fourth-order valence-electron chi connectivity index (χ4n) is 4.41. The Morgan fingerprint density at radius 2 is 1.84 bits per heavy atom. The highest BCUT2D eigenvalue weighted by Crippen LogP contribution is 2.26. The lowest BCUT2D eigenvalue weighted by Gasteiger charge is -2.32. The summed E-state index contributed by atoms with van der Waals surface area (Å²) in [6, 6.07) is 2.16. The first-order valence-corrected chi connectivity index (χ1v) is 10.1. The van der Waals surface area contributed by atoms with Gasteiger partial charge in [-0.3, -0.25) is 9.69 Å². The summed E-state index contributed by atoms with van der Waals surface area (Å²) in [6.45, 7) is 8.16. The summed E-state index contributed by atoms with van der Waals surface area (Å²) in [5, 5.41) is 3.20. The molecule has 1 aromatic rings. The molecule has 25 heavy (non-hydrogen) atoms. The molecule has 1 aliphatic heterocycles. The summed E-state index contributed by atoms with van der Waals surface area (Å²) >= 11 is 0. The standard InChI is InChI=1S/C21H34N2O2/c1-16-12-20(17(2)25-16)15-23-10-8-19(9-11-23)14-22-21(24)13-18-6-4-3-5-7-18/h12,18-19H,3-11,13-15H2,1-2H3,(H,22,24). The van der Waals surface area contributed by atoms with Crippen molar-refractivity contribution in [2.75, 3.05) is 19.6 Å². The summed E-state index contributed by atoms with van der Waals surface area (Å²) < 4.78 is 5.63. The van der Waals surface area contributed by atoms with E-state index in [1.54, 1.807) is 0 Å². The molecule has 1 amide bonds. The second kappa shape index (κ2) is 8.88. The van der Waals surface area contributed by atoms with Gasteiger partial charge in [0.05, 0.1) is 0 Å². The van der Waals surface area contributed by atoms with E-state index in [1.165, 1.54) is 50.5 Å². The summed E-state index contributed by atoms with van der Waals surface area (Å²) in [5.74, 6) is 3.60. The highest BCUT2D eigenvalue weighted by atomic mass is 16.3. The summed E-state index contributed by atoms with van der Waals surface area (Å²) in [6.07, 6.45) is 9.58. The minimum Gasteiger partial charge on any atom is -0.466 e. The van der Waals surface area contributed by atoms with E-state index in [4.69, 9.17) is 4.42 Å². The van der Waals surface area contributed by atoms with E-state index in [9.17, 15) is 4.79 Å². The first-order chi connectivity index (χ1) is 12.1. The van der Waals surface area contributed by atoms with Gasteiger partial charge in [0.25, 0.3) is 0 Å². The van der Waals surface area contributed by atoms with Crippen molar-refractivity contribution in [2.45, 2.75) is 71.8 Å². The molecule has 1 N–H and O–H groups in total. The number of hydrogen-bond acceptors (Lipinski definition) is 3. The zero-order valence-electron chi connectivity index (χ0n) is 16.0. The Balaban J connectivity index is 1.33. The average molecular weight is 347 g/mol. The molecule has 1 aromatic heterocycles. The topological polar surface area (TPSA) is 45.5 Å². The molecule has 0 spiro atoms. The predicted octanol–water partition coefficient (Wildman–Crippen LogP) is 4.20. The number of hydrogen-bond donors (Lipinski definition) is 1. The molecule has 1 saturated heterocycles. The van der Waals surface area contributed by atoms with Crippen molar-refractivity contribution in [3.05, 3.63) is 23.2 Å². The fourth-order valence-corrected chi connectivity index (χ4v) is 4.41. The molecule has 0 bridgehead atoms. The van der Waals surface area contributed by atoms with Crippen molar-refractivity contribution in [2.24, 2.45) is 11.8 Å². The Labute approximate surface area is 152 Å². The number of likely N-dealkylation sites (tertiary alicyclic amines) is 1. The molecule has 2 aliphatic rings. The first-order valence-electron chi connectivity index (χ1n) is 10.1. The number of amides is 1. The van der Waals surface area contributed by atoms with Crippen LogP contribution < -0.4 is 5.32 Å².